The van der Waals surface area contributed by atoms with Crippen LogP contribution in [0.1, 0.15) is 77.6 Å². The fraction of sp³-hybridized carbons (Fsp3) is 1.00. The van der Waals surface area contributed by atoms with E-state index in [-0.39, 0.29) is 0 Å². The predicted molar refractivity (Wildman–Crippen MR) is 77.9 cm³/mol. The Hall–Kier alpha value is 0.250. The van der Waals surface area contributed by atoms with Crippen molar-refractivity contribution in [2.75, 3.05) is 6.54 Å². The maximum Gasteiger partial charge on any atom is 0.0489 e. The predicted octanol–water partition coefficient (Wildman–Crippen LogP) is 4.88. The van der Waals surface area contributed by atoms with Crippen molar-refractivity contribution in [2.24, 2.45) is 0 Å². The van der Waals surface area contributed by atoms with Crippen LogP contribution >= 0.6 is 11.6 Å². The second kappa shape index (κ2) is 10.2. The zero-order valence-corrected chi connectivity index (χ0v) is 12.3. The quantitative estimate of drug-likeness (QED) is 0.460. The molecule has 2 atom stereocenters. The van der Waals surface area contributed by atoms with E-state index in [4.69, 9.17) is 11.6 Å². The summed E-state index contributed by atoms with van der Waals surface area (Å²) in [6, 6.07) is 0.588. The van der Waals surface area contributed by atoms with Crippen molar-refractivity contribution in [3.8, 4) is 0 Å². The summed E-state index contributed by atoms with van der Waals surface area (Å²) in [6.45, 7) is 3.44. The SMILES string of the molecule is CCCCCCCCCNC1CCCCC1Cl. The molecule has 0 heterocycles. The highest BCUT2D eigenvalue weighted by Gasteiger charge is 2.21. The molecule has 1 fully saturated rings. The largest absolute Gasteiger partial charge is 0.313 e. The topological polar surface area (TPSA) is 12.0 Å². The third kappa shape index (κ3) is 7.31. The first-order chi connectivity index (χ1) is 8.34. The summed E-state index contributed by atoms with van der Waals surface area (Å²) < 4.78 is 0. The summed E-state index contributed by atoms with van der Waals surface area (Å²) in [5.74, 6) is 0. The molecular weight excluding hydrogens is 230 g/mol. The second-order valence-corrected chi connectivity index (χ2v) is 6.04. The zero-order valence-electron chi connectivity index (χ0n) is 11.5. The van der Waals surface area contributed by atoms with Crippen LogP contribution in [0.25, 0.3) is 0 Å². The number of rotatable bonds is 9. The Morgan fingerprint density at radius 2 is 1.59 bits per heavy atom. The molecule has 17 heavy (non-hydrogen) atoms. The Morgan fingerprint density at radius 1 is 0.941 bits per heavy atom. The van der Waals surface area contributed by atoms with Crippen molar-refractivity contribution in [1.29, 1.82) is 0 Å². The Kier molecular flexibility index (Phi) is 9.18. The molecule has 1 aliphatic rings. The molecule has 0 aromatic heterocycles. The van der Waals surface area contributed by atoms with Gasteiger partial charge in [0.2, 0.25) is 0 Å². The van der Waals surface area contributed by atoms with Gasteiger partial charge in [0.15, 0.2) is 0 Å². The number of hydrogen-bond acceptors (Lipinski definition) is 1. The Balaban J connectivity index is 1.86. The lowest BCUT2D eigenvalue weighted by Crippen LogP contribution is -2.39. The van der Waals surface area contributed by atoms with Crippen LogP contribution in [-0.2, 0) is 0 Å². The van der Waals surface area contributed by atoms with Crippen molar-refractivity contribution in [1.82, 2.24) is 5.32 Å². The Morgan fingerprint density at radius 3 is 2.29 bits per heavy atom. The molecule has 1 aliphatic carbocycles. The van der Waals surface area contributed by atoms with Crippen molar-refractivity contribution in [3.63, 3.8) is 0 Å². The zero-order chi connectivity index (χ0) is 12.3. The van der Waals surface area contributed by atoms with Crippen molar-refractivity contribution >= 4 is 11.6 Å². The summed E-state index contributed by atoms with van der Waals surface area (Å²) in [7, 11) is 0. The van der Waals surface area contributed by atoms with E-state index in [0.717, 1.165) is 0 Å². The number of unbranched alkanes of at least 4 members (excludes halogenated alkanes) is 6. The van der Waals surface area contributed by atoms with Crippen molar-refractivity contribution in [3.05, 3.63) is 0 Å². The molecule has 0 amide bonds. The number of halogens is 1. The maximum absolute atomic E-state index is 6.32. The highest BCUT2D eigenvalue weighted by atomic mass is 35.5. The van der Waals surface area contributed by atoms with Gasteiger partial charge >= 0.3 is 0 Å². The molecule has 0 aliphatic heterocycles. The number of nitrogens with one attached hydrogen (secondary N) is 1. The van der Waals surface area contributed by atoms with Crippen molar-refractivity contribution in [2.45, 2.75) is 89.0 Å². The highest BCUT2D eigenvalue weighted by molar-refractivity contribution is 6.21. The second-order valence-electron chi connectivity index (χ2n) is 5.48. The van der Waals surface area contributed by atoms with E-state index in [1.807, 2.05) is 0 Å². The van der Waals surface area contributed by atoms with Gasteiger partial charge in [-0.25, -0.2) is 0 Å². The van der Waals surface area contributed by atoms with E-state index in [1.54, 1.807) is 0 Å². The van der Waals surface area contributed by atoms with Crippen LogP contribution in [0.15, 0.2) is 0 Å². The molecule has 2 unspecified atom stereocenters. The van der Waals surface area contributed by atoms with E-state index in [2.05, 4.69) is 12.2 Å². The molecule has 0 aromatic carbocycles. The van der Waals surface area contributed by atoms with Gasteiger partial charge in [0.1, 0.15) is 0 Å². The minimum absolute atomic E-state index is 0.383. The van der Waals surface area contributed by atoms with Gasteiger partial charge in [0, 0.05) is 11.4 Å². The standard InChI is InChI=1S/C15H30ClN/c1-2-3-4-5-6-7-10-13-17-15-12-9-8-11-14(15)16/h14-15,17H,2-13H2,1H3. The lowest BCUT2D eigenvalue weighted by molar-refractivity contribution is 0.375. The molecule has 0 bridgehead atoms. The summed E-state index contributed by atoms with van der Waals surface area (Å²) in [5.41, 5.74) is 0. The molecule has 0 saturated heterocycles. The normalized spacial score (nSPS) is 25.1. The third-order valence-electron chi connectivity index (χ3n) is 3.87. The van der Waals surface area contributed by atoms with E-state index in [0.29, 0.717) is 11.4 Å². The molecule has 1 nitrogen and oxygen atoms in total. The van der Waals surface area contributed by atoms with Crippen LogP contribution < -0.4 is 5.32 Å². The molecule has 1 N–H and O–H groups in total. The lowest BCUT2D eigenvalue weighted by Gasteiger charge is -2.28. The van der Waals surface area contributed by atoms with Gasteiger partial charge < -0.3 is 5.32 Å². The van der Waals surface area contributed by atoms with E-state index < -0.39 is 0 Å². The average Bonchev–Trinajstić information content (AvgIpc) is 2.35. The highest BCUT2D eigenvalue weighted by Crippen LogP contribution is 2.22. The van der Waals surface area contributed by atoms with Gasteiger partial charge in [0.25, 0.3) is 0 Å². The van der Waals surface area contributed by atoms with E-state index in [1.165, 1.54) is 77.2 Å². The first-order valence-corrected chi connectivity index (χ1v) is 8.15. The van der Waals surface area contributed by atoms with Gasteiger partial charge in [-0.1, -0.05) is 58.3 Å². The molecule has 0 spiro atoms. The first-order valence-electron chi connectivity index (χ1n) is 7.72. The summed E-state index contributed by atoms with van der Waals surface area (Å²) in [6.07, 6.45) is 14.9. The monoisotopic (exact) mass is 259 g/mol. The fourth-order valence-corrected chi connectivity index (χ4v) is 3.05. The first kappa shape index (κ1) is 15.3. The molecule has 1 rings (SSSR count). The molecule has 2 heteroatoms. The van der Waals surface area contributed by atoms with Gasteiger partial charge in [-0.05, 0) is 25.8 Å². The van der Waals surface area contributed by atoms with Crippen LogP contribution in [0.5, 0.6) is 0 Å². The molecule has 1 saturated carbocycles. The summed E-state index contributed by atoms with van der Waals surface area (Å²) >= 11 is 6.32. The van der Waals surface area contributed by atoms with Crippen molar-refractivity contribution < 1.29 is 0 Å². The average molecular weight is 260 g/mol. The van der Waals surface area contributed by atoms with Crippen LogP contribution in [0, 0.1) is 0 Å². The summed E-state index contributed by atoms with van der Waals surface area (Å²) in [4.78, 5) is 0. The molecule has 0 radical (unpaired) electrons. The Bertz CT molecular complexity index is 172. The minimum Gasteiger partial charge on any atom is -0.313 e. The van der Waals surface area contributed by atoms with E-state index in [9.17, 15) is 0 Å². The molecule has 0 aromatic rings. The van der Waals surface area contributed by atoms with Crippen LogP contribution in [0.4, 0.5) is 0 Å². The van der Waals surface area contributed by atoms with Crippen LogP contribution in [0.3, 0.4) is 0 Å². The number of hydrogen-bond donors (Lipinski definition) is 1. The lowest BCUT2D eigenvalue weighted by atomic mass is 9.95. The van der Waals surface area contributed by atoms with Gasteiger partial charge in [-0.15, -0.1) is 11.6 Å². The Labute approximate surface area is 113 Å². The number of alkyl halides is 1. The fourth-order valence-electron chi connectivity index (χ4n) is 2.69. The smallest absolute Gasteiger partial charge is 0.0489 e. The molecular formula is C15H30ClN. The third-order valence-corrected chi connectivity index (χ3v) is 4.39. The minimum atomic E-state index is 0.383. The maximum atomic E-state index is 6.32. The summed E-state index contributed by atoms with van der Waals surface area (Å²) in [5, 5.41) is 4.02. The van der Waals surface area contributed by atoms with Gasteiger partial charge in [-0.3, -0.25) is 0 Å². The van der Waals surface area contributed by atoms with E-state index >= 15 is 0 Å². The van der Waals surface area contributed by atoms with Gasteiger partial charge in [-0.2, -0.15) is 0 Å². The van der Waals surface area contributed by atoms with Crippen LogP contribution in [0.2, 0.25) is 0 Å². The van der Waals surface area contributed by atoms with Gasteiger partial charge in [0.05, 0.1) is 0 Å². The van der Waals surface area contributed by atoms with Crippen LogP contribution in [-0.4, -0.2) is 18.0 Å². The molecule has 102 valence electrons.